The predicted molar refractivity (Wildman–Crippen MR) is 98.6 cm³/mol. The highest BCUT2D eigenvalue weighted by Crippen LogP contribution is 2.42. The molecule has 0 bridgehead atoms. The van der Waals surface area contributed by atoms with Gasteiger partial charge >= 0.3 is 5.97 Å². The molecule has 0 saturated carbocycles. The number of likely N-dealkylation sites (tertiary alicyclic amines) is 1. The molecule has 1 saturated heterocycles. The van der Waals surface area contributed by atoms with Gasteiger partial charge in [0.15, 0.2) is 11.5 Å². The first kappa shape index (κ1) is 19.1. The number of rotatable bonds is 7. The fourth-order valence-corrected chi connectivity index (χ4v) is 3.69. The molecule has 0 amide bonds. The van der Waals surface area contributed by atoms with E-state index in [1.807, 2.05) is 18.2 Å². The number of methoxy groups -OCH3 is 3. The van der Waals surface area contributed by atoms with E-state index < -0.39 is 11.9 Å². The van der Waals surface area contributed by atoms with E-state index in [9.17, 15) is 9.90 Å². The summed E-state index contributed by atoms with van der Waals surface area (Å²) in [5.74, 6) is 1.34. The van der Waals surface area contributed by atoms with Crippen molar-refractivity contribution in [3.05, 3.63) is 41.9 Å². The van der Waals surface area contributed by atoms with E-state index >= 15 is 0 Å². The zero-order valence-corrected chi connectivity index (χ0v) is 15.8. The molecule has 2 aromatic rings. The highest BCUT2D eigenvalue weighted by Gasteiger charge is 2.34. The number of carboxylic acid groups (broad SMARTS) is 1. The molecule has 2 heterocycles. The molecule has 1 aromatic carbocycles. The molecule has 7 nitrogen and oxygen atoms in total. The largest absolute Gasteiger partial charge is 0.496 e. The summed E-state index contributed by atoms with van der Waals surface area (Å²) in [6.07, 6.45) is 3.11. The lowest BCUT2D eigenvalue weighted by Crippen LogP contribution is -2.41. The van der Waals surface area contributed by atoms with Crippen molar-refractivity contribution in [1.82, 2.24) is 4.90 Å². The van der Waals surface area contributed by atoms with E-state index in [1.165, 1.54) is 0 Å². The molecule has 3 rings (SSSR count). The summed E-state index contributed by atoms with van der Waals surface area (Å²) in [5, 5.41) is 9.48. The topological polar surface area (TPSA) is 81.4 Å². The highest BCUT2D eigenvalue weighted by molar-refractivity contribution is 5.70. The average Bonchev–Trinajstić information content (AvgIpc) is 3.22. The maximum Gasteiger partial charge on any atom is 0.307 e. The van der Waals surface area contributed by atoms with Gasteiger partial charge in [-0.25, -0.2) is 0 Å². The fraction of sp³-hybridized carbons (Fsp3) is 0.450. The predicted octanol–water partition coefficient (Wildman–Crippen LogP) is 3.19. The Morgan fingerprint density at radius 3 is 2.48 bits per heavy atom. The van der Waals surface area contributed by atoms with Crippen molar-refractivity contribution in [3.8, 4) is 17.2 Å². The summed E-state index contributed by atoms with van der Waals surface area (Å²) in [6.45, 7) is 1.21. The van der Waals surface area contributed by atoms with Crippen molar-refractivity contribution in [2.24, 2.45) is 5.92 Å². The molecule has 1 N–H and O–H groups in total. The second kappa shape index (κ2) is 8.35. The quantitative estimate of drug-likeness (QED) is 0.796. The Kier molecular flexibility index (Phi) is 5.91. The lowest BCUT2D eigenvalue weighted by molar-refractivity contribution is -0.143. The van der Waals surface area contributed by atoms with Crippen LogP contribution in [0.2, 0.25) is 0 Å². The summed E-state index contributed by atoms with van der Waals surface area (Å²) in [4.78, 5) is 13.7. The minimum Gasteiger partial charge on any atom is -0.496 e. The summed E-state index contributed by atoms with van der Waals surface area (Å²) in [5.41, 5.74) is 0.844. The molecule has 7 heteroatoms. The van der Waals surface area contributed by atoms with Crippen molar-refractivity contribution < 1.29 is 28.5 Å². The molecular formula is C20H25NO6. The Hall–Kier alpha value is -2.67. The minimum absolute atomic E-state index is 0.281. The number of carbonyl (C=O) groups is 1. The Labute approximate surface area is 158 Å². The molecular weight excluding hydrogens is 350 g/mol. The first-order valence-corrected chi connectivity index (χ1v) is 8.89. The number of aliphatic carboxylic acids is 1. The Morgan fingerprint density at radius 2 is 1.89 bits per heavy atom. The Balaban J connectivity index is 2.08. The molecule has 1 aliphatic rings. The van der Waals surface area contributed by atoms with Crippen molar-refractivity contribution in [3.63, 3.8) is 0 Å². The molecule has 146 valence electrons. The molecule has 27 heavy (non-hydrogen) atoms. The van der Waals surface area contributed by atoms with Gasteiger partial charge in [-0.05, 0) is 37.6 Å². The molecule has 0 radical (unpaired) electrons. The third kappa shape index (κ3) is 3.88. The lowest BCUT2D eigenvalue weighted by atomic mass is 9.93. The van der Waals surface area contributed by atoms with Crippen LogP contribution in [0.5, 0.6) is 17.2 Å². The van der Waals surface area contributed by atoms with E-state index in [0.717, 1.165) is 24.3 Å². The first-order valence-electron chi connectivity index (χ1n) is 8.89. The van der Waals surface area contributed by atoms with Gasteiger partial charge in [-0.3, -0.25) is 9.69 Å². The van der Waals surface area contributed by atoms with E-state index in [0.29, 0.717) is 30.2 Å². The van der Waals surface area contributed by atoms with Crippen LogP contribution in [0.4, 0.5) is 0 Å². The number of ether oxygens (including phenoxy) is 3. The Bertz CT molecular complexity index is 773. The zero-order chi connectivity index (χ0) is 19.4. The fourth-order valence-electron chi connectivity index (χ4n) is 3.69. The minimum atomic E-state index is -0.767. The van der Waals surface area contributed by atoms with Crippen LogP contribution in [-0.2, 0) is 4.79 Å². The van der Waals surface area contributed by atoms with Crippen molar-refractivity contribution in [2.45, 2.75) is 18.9 Å². The monoisotopic (exact) mass is 375 g/mol. The van der Waals surface area contributed by atoms with Gasteiger partial charge in [0.05, 0.1) is 39.6 Å². The van der Waals surface area contributed by atoms with Gasteiger partial charge in [-0.2, -0.15) is 0 Å². The number of hydrogen-bond acceptors (Lipinski definition) is 6. The van der Waals surface area contributed by atoms with Crippen molar-refractivity contribution in [1.29, 1.82) is 0 Å². The number of nitrogens with zero attached hydrogens (tertiary/aromatic N) is 1. The highest BCUT2D eigenvalue weighted by atomic mass is 16.5. The van der Waals surface area contributed by atoms with Gasteiger partial charge in [0.2, 0.25) is 0 Å². The molecule has 0 aliphatic carbocycles. The summed E-state index contributed by atoms with van der Waals surface area (Å²) < 4.78 is 22.2. The van der Waals surface area contributed by atoms with Crippen LogP contribution < -0.4 is 14.2 Å². The van der Waals surface area contributed by atoms with Gasteiger partial charge in [0, 0.05) is 18.2 Å². The Morgan fingerprint density at radius 1 is 1.19 bits per heavy atom. The van der Waals surface area contributed by atoms with Gasteiger partial charge in [0.25, 0.3) is 0 Å². The van der Waals surface area contributed by atoms with E-state index in [1.54, 1.807) is 33.7 Å². The second-order valence-electron chi connectivity index (χ2n) is 6.54. The van der Waals surface area contributed by atoms with Gasteiger partial charge < -0.3 is 23.7 Å². The molecule has 0 spiro atoms. The van der Waals surface area contributed by atoms with Gasteiger partial charge in [-0.15, -0.1) is 0 Å². The van der Waals surface area contributed by atoms with E-state index in [2.05, 4.69) is 4.90 Å². The number of hydrogen-bond donors (Lipinski definition) is 1. The lowest BCUT2D eigenvalue weighted by Gasteiger charge is -2.36. The van der Waals surface area contributed by atoms with Crippen molar-refractivity contribution >= 4 is 5.97 Å². The number of benzene rings is 1. The third-order valence-corrected chi connectivity index (χ3v) is 5.01. The second-order valence-corrected chi connectivity index (χ2v) is 6.54. The summed E-state index contributed by atoms with van der Waals surface area (Å²) in [7, 11) is 4.75. The number of carboxylic acids is 1. The van der Waals surface area contributed by atoms with Crippen LogP contribution in [0.3, 0.4) is 0 Å². The van der Waals surface area contributed by atoms with Crippen LogP contribution in [-0.4, -0.2) is 50.4 Å². The first-order chi connectivity index (χ1) is 13.1. The molecule has 1 aliphatic heterocycles. The maximum absolute atomic E-state index is 11.5. The van der Waals surface area contributed by atoms with Crippen LogP contribution in [0.1, 0.15) is 30.2 Å². The normalized spacial score (nSPS) is 18.7. The summed E-state index contributed by atoms with van der Waals surface area (Å²) >= 11 is 0. The number of furan rings is 1. The SMILES string of the molecule is COc1cc(OC)c(C(c2ccco2)N2CCCC(C(=O)O)C2)cc1OC. The van der Waals surface area contributed by atoms with Crippen LogP contribution in [0.25, 0.3) is 0 Å². The molecule has 2 atom stereocenters. The van der Waals surface area contributed by atoms with Crippen LogP contribution in [0, 0.1) is 5.92 Å². The van der Waals surface area contributed by atoms with E-state index in [4.69, 9.17) is 18.6 Å². The van der Waals surface area contributed by atoms with Crippen LogP contribution >= 0.6 is 0 Å². The van der Waals surface area contributed by atoms with Crippen LogP contribution in [0.15, 0.2) is 34.9 Å². The zero-order valence-electron chi connectivity index (χ0n) is 15.8. The maximum atomic E-state index is 11.5. The van der Waals surface area contributed by atoms with Gasteiger partial charge in [-0.1, -0.05) is 0 Å². The van der Waals surface area contributed by atoms with Gasteiger partial charge in [0.1, 0.15) is 11.5 Å². The third-order valence-electron chi connectivity index (χ3n) is 5.01. The van der Waals surface area contributed by atoms with Crippen molar-refractivity contribution in [2.75, 3.05) is 34.4 Å². The van der Waals surface area contributed by atoms with E-state index in [-0.39, 0.29) is 6.04 Å². The molecule has 1 aromatic heterocycles. The smallest absolute Gasteiger partial charge is 0.307 e. The standard InChI is InChI=1S/C20H25NO6/c1-24-16-11-18(26-3)17(25-2)10-14(16)19(15-7-5-9-27-15)21-8-4-6-13(12-21)20(22)23/h5,7,9-11,13,19H,4,6,8,12H2,1-3H3,(H,22,23). The average molecular weight is 375 g/mol. The number of piperidine rings is 1. The summed E-state index contributed by atoms with van der Waals surface area (Å²) in [6, 6.07) is 7.09. The molecule has 2 unspecified atom stereocenters. The molecule has 1 fully saturated rings.